The Kier molecular flexibility index (Phi) is 3.89. The first kappa shape index (κ1) is 14.3. The van der Waals surface area contributed by atoms with Crippen molar-refractivity contribution in [3.8, 4) is 28.1 Å². The minimum atomic E-state index is -0.625. The van der Waals surface area contributed by atoms with Crippen LogP contribution in [0.1, 0.15) is 5.82 Å². The number of halogens is 1. The van der Waals surface area contributed by atoms with Gasteiger partial charge in [-0.25, -0.2) is 9.37 Å². The molecule has 0 saturated heterocycles. The first-order valence-electron chi connectivity index (χ1n) is 7.00. The highest BCUT2D eigenvalue weighted by Gasteiger charge is 2.07. The standard InChI is InChI=1S/C17H16FN3O/c18-14-5-4-12(9-16(14)22)11-2-1-3-13(8-11)15-10-20-17(21-15)6-7-19/h1-5,8-10,22H,6-7,19H2,(H,20,21). The average Bonchev–Trinajstić information content (AvgIpc) is 2.99. The lowest BCUT2D eigenvalue weighted by atomic mass is 10.0. The van der Waals surface area contributed by atoms with Crippen molar-refractivity contribution in [2.45, 2.75) is 6.42 Å². The number of hydrogen-bond donors (Lipinski definition) is 3. The third kappa shape index (κ3) is 2.84. The van der Waals surface area contributed by atoms with Crippen LogP contribution in [-0.2, 0) is 6.42 Å². The van der Waals surface area contributed by atoms with Gasteiger partial charge in [0.05, 0.1) is 11.9 Å². The molecule has 0 aliphatic heterocycles. The van der Waals surface area contributed by atoms with Gasteiger partial charge in [-0.15, -0.1) is 0 Å². The fourth-order valence-corrected chi connectivity index (χ4v) is 2.33. The van der Waals surface area contributed by atoms with Crippen molar-refractivity contribution < 1.29 is 9.50 Å². The number of aromatic nitrogens is 2. The molecule has 22 heavy (non-hydrogen) atoms. The van der Waals surface area contributed by atoms with Gasteiger partial charge in [0.25, 0.3) is 0 Å². The Labute approximate surface area is 127 Å². The molecule has 4 N–H and O–H groups in total. The van der Waals surface area contributed by atoms with Crippen molar-refractivity contribution in [2.75, 3.05) is 6.54 Å². The van der Waals surface area contributed by atoms with Crippen LogP contribution in [0.4, 0.5) is 4.39 Å². The molecule has 5 heteroatoms. The highest BCUT2D eigenvalue weighted by atomic mass is 19.1. The van der Waals surface area contributed by atoms with Crippen LogP contribution in [0, 0.1) is 5.82 Å². The highest BCUT2D eigenvalue weighted by Crippen LogP contribution is 2.28. The molecule has 0 bridgehead atoms. The molecule has 3 rings (SSSR count). The van der Waals surface area contributed by atoms with Crippen molar-refractivity contribution >= 4 is 0 Å². The van der Waals surface area contributed by atoms with Crippen LogP contribution in [0.15, 0.2) is 48.7 Å². The zero-order chi connectivity index (χ0) is 15.5. The van der Waals surface area contributed by atoms with E-state index in [1.165, 1.54) is 12.1 Å². The second-order valence-corrected chi connectivity index (χ2v) is 5.03. The van der Waals surface area contributed by atoms with E-state index >= 15 is 0 Å². The maximum Gasteiger partial charge on any atom is 0.164 e. The number of phenols is 1. The number of aromatic hydroxyl groups is 1. The summed E-state index contributed by atoms with van der Waals surface area (Å²) in [6.07, 6.45) is 2.47. The minimum Gasteiger partial charge on any atom is -0.505 e. The van der Waals surface area contributed by atoms with E-state index in [1.807, 2.05) is 24.3 Å². The van der Waals surface area contributed by atoms with Gasteiger partial charge in [0.2, 0.25) is 0 Å². The third-order valence-corrected chi connectivity index (χ3v) is 3.46. The lowest BCUT2D eigenvalue weighted by Crippen LogP contribution is -2.03. The Hall–Kier alpha value is -2.66. The Morgan fingerprint density at radius 2 is 1.86 bits per heavy atom. The molecule has 0 amide bonds. The first-order valence-corrected chi connectivity index (χ1v) is 7.00. The monoisotopic (exact) mass is 297 g/mol. The fourth-order valence-electron chi connectivity index (χ4n) is 2.33. The third-order valence-electron chi connectivity index (χ3n) is 3.46. The number of nitrogens with two attached hydrogens (primary N) is 1. The molecule has 0 atom stereocenters. The van der Waals surface area contributed by atoms with Crippen molar-refractivity contribution in [1.29, 1.82) is 0 Å². The molecule has 3 aromatic rings. The van der Waals surface area contributed by atoms with Crippen LogP contribution in [-0.4, -0.2) is 21.6 Å². The van der Waals surface area contributed by atoms with E-state index in [-0.39, 0.29) is 5.75 Å². The van der Waals surface area contributed by atoms with E-state index in [4.69, 9.17) is 5.73 Å². The first-order chi connectivity index (χ1) is 10.7. The van der Waals surface area contributed by atoms with Gasteiger partial charge >= 0.3 is 0 Å². The zero-order valence-corrected chi connectivity index (χ0v) is 11.9. The topological polar surface area (TPSA) is 74.9 Å². The second-order valence-electron chi connectivity index (χ2n) is 5.03. The number of hydrogen-bond acceptors (Lipinski definition) is 3. The summed E-state index contributed by atoms with van der Waals surface area (Å²) in [4.78, 5) is 7.51. The van der Waals surface area contributed by atoms with Gasteiger partial charge < -0.3 is 15.8 Å². The van der Waals surface area contributed by atoms with Crippen molar-refractivity contribution in [1.82, 2.24) is 9.97 Å². The Balaban J connectivity index is 1.96. The number of nitrogens with one attached hydrogen (secondary N) is 1. The van der Waals surface area contributed by atoms with E-state index in [9.17, 15) is 9.50 Å². The molecule has 2 aromatic carbocycles. The summed E-state index contributed by atoms with van der Waals surface area (Å²) in [6.45, 7) is 0.544. The summed E-state index contributed by atoms with van der Waals surface area (Å²) in [5, 5.41) is 9.51. The summed E-state index contributed by atoms with van der Waals surface area (Å²) >= 11 is 0. The molecule has 0 spiro atoms. The Morgan fingerprint density at radius 1 is 1.09 bits per heavy atom. The van der Waals surface area contributed by atoms with Crippen molar-refractivity contribution in [3.05, 3.63) is 60.3 Å². The van der Waals surface area contributed by atoms with Gasteiger partial charge in [-0.1, -0.05) is 24.3 Å². The maximum absolute atomic E-state index is 13.2. The van der Waals surface area contributed by atoms with E-state index < -0.39 is 5.82 Å². The molecule has 112 valence electrons. The summed E-state index contributed by atoms with van der Waals surface area (Å²) < 4.78 is 13.2. The molecule has 1 heterocycles. The number of phenolic OH excluding ortho intramolecular Hbond substituents is 1. The molecule has 0 saturated carbocycles. The van der Waals surface area contributed by atoms with E-state index in [0.717, 1.165) is 28.2 Å². The normalized spacial score (nSPS) is 10.8. The number of aromatic amines is 1. The summed E-state index contributed by atoms with van der Waals surface area (Å²) in [5.74, 6) is -0.128. The van der Waals surface area contributed by atoms with Crippen LogP contribution in [0.3, 0.4) is 0 Å². The van der Waals surface area contributed by atoms with Crippen LogP contribution in [0.2, 0.25) is 0 Å². The molecule has 1 aromatic heterocycles. The lowest BCUT2D eigenvalue weighted by molar-refractivity contribution is 0.433. The Bertz CT molecular complexity index is 798. The molecule has 0 unspecified atom stereocenters. The predicted octanol–water partition coefficient (Wildman–Crippen LogP) is 3.09. The fraction of sp³-hybridized carbons (Fsp3) is 0.118. The maximum atomic E-state index is 13.2. The van der Waals surface area contributed by atoms with Gasteiger partial charge in [0.1, 0.15) is 5.82 Å². The number of nitrogens with zero attached hydrogens (tertiary/aromatic N) is 1. The number of benzene rings is 2. The van der Waals surface area contributed by atoms with Gasteiger partial charge in [0, 0.05) is 12.0 Å². The quantitative estimate of drug-likeness (QED) is 0.692. The van der Waals surface area contributed by atoms with Crippen LogP contribution in [0.25, 0.3) is 22.4 Å². The van der Waals surface area contributed by atoms with Gasteiger partial charge in [0.15, 0.2) is 11.6 Å². The number of imidazole rings is 1. The lowest BCUT2D eigenvalue weighted by Gasteiger charge is -2.05. The zero-order valence-electron chi connectivity index (χ0n) is 11.9. The molecule has 0 aliphatic carbocycles. The van der Waals surface area contributed by atoms with Crippen LogP contribution < -0.4 is 5.73 Å². The summed E-state index contributed by atoms with van der Waals surface area (Å²) in [7, 11) is 0. The molecule has 0 aliphatic rings. The van der Waals surface area contributed by atoms with E-state index in [1.54, 1.807) is 12.3 Å². The predicted molar refractivity (Wildman–Crippen MR) is 83.8 cm³/mol. The van der Waals surface area contributed by atoms with Crippen molar-refractivity contribution in [2.24, 2.45) is 5.73 Å². The SMILES string of the molecule is NCCc1ncc(-c2cccc(-c3ccc(F)c(O)c3)c2)[nH]1. The summed E-state index contributed by atoms with van der Waals surface area (Å²) in [6, 6.07) is 12.1. The second kappa shape index (κ2) is 5.99. The number of H-pyrrole nitrogens is 1. The van der Waals surface area contributed by atoms with Crippen molar-refractivity contribution in [3.63, 3.8) is 0 Å². The highest BCUT2D eigenvalue weighted by molar-refractivity contribution is 5.72. The van der Waals surface area contributed by atoms with Gasteiger partial charge in [-0.2, -0.15) is 0 Å². The molecule has 4 nitrogen and oxygen atoms in total. The van der Waals surface area contributed by atoms with Gasteiger partial charge in [-0.3, -0.25) is 0 Å². The van der Waals surface area contributed by atoms with Crippen LogP contribution >= 0.6 is 0 Å². The van der Waals surface area contributed by atoms with E-state index in [0.29, 0.717) is 13.0 Å². The van der Waals surface area contributed by atoms with Crippen LogP contribution in [0.5, 0.6) is 5.75 Å². The summed E-state index contributed by atoms with van der Waals surface area (Å²) in [5.41, 5.74) is 9.03. The smallest absolute Gasteiger partial charge is 0.164 e. The average molecular weight is 297 g/mol. The Morgan fingerprint density at radius 3 is 2.64 bits per heavy atom. The number of rotatable bonds is 4. The molecule has 0 fully saturated rings. The minimum absolute atomic E-state index is 0.352. The molecular weight excluding hydrogens is 281 g/mol. The molecule has 0 radical (unpaired) electrons. The molecular formula is C17H16FN3O. The largest absolute Gasteiger partial charge is 0.505 e. The van der Waals surface area contributed by atoms with E-state index in [2.05, 4.69) is 9.97 Å². The van der Waals surface area contributed by atoms with Gasteiger partial charge in [-0.05, 0) is 35.9 Å².